The minimum atomic E-state index is -4.45. The van der Waals surface area contributed by atoms with Crippen LogP contribution in [0.5, 0.6) is 0 Å². The summed E-state index contributed by atoms with van der Waals surface area (Å²) in [6, 6.07) is 0. The number of hydrogen-bond donors (Lipinski definition) is 0. The third kappa shape index (κ3) is 3.09. The quantitative estimate of drug-likeness (QED) is 0.780. The molecule has 0 spiro atoms. The highest BCUT2D eigenvalue weighted by Gasteiger charge is 2.37. The van der Waals surface area contributed by atoms with Crippen LogP contribution in [-0.4, -0.2) is 27.8 Å². The van der Waals surface area contributed by atoms with Crippen molar-refractivity contribution in [3.63, 3.8) is 0 Å². The first kappa shape index (κ1) is 13.1. The van der Waals surface area contributed by atoms with E-state index in [0.717, 1.165) is 42.8 Å². The molecule has 0 aliphatic carbocycles. The molecule has 1 aliphatic rings. The van der Waals surface area contributed by atoms with Crippen LogP contribution in [-0.2, 0) is 6.18 Å². The highest BCUT2D eigenvalue weighted by molar-refractivity contribution is 9.09. The largest absolute Gasteiger partial charge is 0.452 e. The van der Waals surface area contributed by atoms with Crippen molar-refractivity contribution >= 4 is 32.6 Å². The highest BCUT2D eigenvalue weighted by atomic mass is 79.9. The van der Waals surface area contributed by atoms with Crippen LogP contribution in [0.15, 0.2) is 0 Å². The van der Waals surface area contributed by atoms with Gasteiger partial charge in [0.2, 0.25) is 11.0 Å². The van der Waals surface area contributed by atoms with Gasteiger partial charge in [0, 0.05) is 30.0 Å². The van der Waals surface area contributed by atoms with Gasteiger partial charge in [0.1, 0.15) is 0 Å². The van der Waals surface area contributed by atoms with Crippen molar-refractivity contribution in [3.8, 4) is 0 Å². The fraction of sp³-hybridized carbons (Fsp3) is 0.778. The molecule has 8 heteroatoms. The maximum atomic E-state index is 12.4. The summed E-state index contributed by atoms with van der Waals surface area (Å²) < 4.78 is 40.5. The lowest BCUT2D eigenvalue weighted by Crippen LogP contribution is -2.36. The zero-order chi connectivity index (χ0) is 12.5. The molecule has 1 aliphatic heterocycles. The lowest BCUT2D eigenvalue weighted by molar-refractivity contribution is -0.144. The summed E-state index contributed by atoms with van der Waals surface area (Å²) in [7, 11) is 0. The topological polar surface area (TPSA) is 29.0 Å². The summed E-state index contributed by atoms with van der Waals surface area (Å²) in [4.78, 5) is 5.46. The van der Waals surface area contributed by atoms with E-state index in [9.17, 15) is 13.2 Å². The highest BCUT2D eigenvalue weighted by Crippen LogP contribution is 2.32. The standard InChI is InChI=1S/C9H11BrF3N3S/c10-4-6-2-1-3-16(5-6)8-14-7(15-17-8)9(11,12)13/h6H,1-5H2. The molecular formula is C9H11BrF3N3S. The van der Waals surface area contributed by atoms with Crippen LogP contribution >= 0.6 is 27.5 Å². The minimum absolute atomic E-state index is 0.378. The third-order valence-electron chi connectivity index (χ3n) is 2.68. The molecule has 1 saturated heterocycles. The van der Waals surface area contributed by atoms with Crippen molar-refractivity contribution in [1.29, 1.82) is 0 Å². The van der Waals surface area contributed by atoms with Crippen molar-refractivity contribution in [2.75, 3.05) is 23.3 Å². The van der Waals surface area contributed by atoms with E-state index < -0.39 is 12.0 Å². The van der Waals surface area contributed by atoms with Crippen LogP contribution in [0.4, 0.5) is 18.3 Å². The Bertz CT molecular complexity index is 382. The van der Waals surface area contributed by atoms with E-state index in [-0.39, 0.29) is 0 Å². The lowest BCUT2D eigenvalue weighted by Gasteiger charge is -2.31. The lowest BCUT2D eigenvalue weighted by atomic mass is 10.0. The normalized spacial score (nSPS) is 21.9. The summed E-state index contributed by atoms with van der Waals surface area (Å²) in [5, 5.41) is 1.25. The second-order valence-electron chi connectivity index (χ2n) is 4.01. The summed E-state index contributed by atoms with van der Waals surface area (Å²) in [5.74, 6) is -0.555. The summed E-state index contributed by atoms with van der Waals surface area (Å²) in [6.45, 7) is 1.51. The number of halogens is 4. The predicted molar refractivity (Wildman–Crippen MR) is 63.6 cm³/mol. The number of aromatic nitrogens is 2. The first-order chi connectivity index (χ1) is 8.00. The SMILES string of the molecule is FC(F)(F)c1nsc(N2CCCC(CBr)C2)n1. The molecule has 17 heavy (non-hydrogen) atoms. The van der Waals surface area contributed by atoms with Gasteiger partial charge in [0.25, 0.3) is 0 Å². The van der Waals surface area contributed by atoms with Gasteiger partial charge in [-0.15, -0.1) is 0 Å². The molecule has 3 nitrogen and oxygen atoms in total. The Morgan fingerprint density at radius 1 is 1.47 bits per heavy atom. The van der Waals surface area contributed by atoms with Crippen LogP contribution in [0, 0.1) is 5.92 Å². The van der Waals surface area contributed by atoms with E-state index in [1.165, 1.54) is 0 Å². The van der Waals surface area contributed by atoms with Gasteiger partial charge in [0.05, 0.1) is 0 Å². The van der Waals surface area contributed by atoms with Crippen LogP contribution in [0.3, 0.4) is 0 Å². The average molecular weight is 330 g/mol. The Labute approximate surface area is 109 Å². The second-order valence-corrected chi connectivity index (χ2v) is 5.38. The predicted octanol–water partition coefficient (Wildman–Crippen LogP) is 3.17. The summed E-state index contributed by atoms with van der Waals surface area (Å²) in [5.41, 5.74) is 0. The molecule has 2 heterocycles. The van der Waals surface area contributed by atoms with E-state index in [4.69, 9.17) is 0 Å². The summed E-state index contributed by atoms with van der Waals surface area (Å²) >= 11 is 4.23. The fourth-order valence-electron chi connectivity index (χ4n) is 1.82. The van der Waals surface area contributed by atoms with E-state index >= 15 is 0 Å². The van der Waals surface area contributed by atoms with Crippen molar-refractivity contribution in [1.82, 2.24) is 9.36 Å². The van der Waals surface area contributed by atoms with Gasteiger partial charge in [-0.3, -0.25) is 0 Å². The molecule has 1 fully saturated rings. The van der Waals surface area contributed by atoms with Gasteiger partial charge in [-0.1, -0.05) is 15.9 Å². The molecule has 0 bridgehead atoms. The zero-order valence-corrected chi connectivity index (χ0v) is 11.3. The van der Waals surface area contributed by atoms with E-state index in [1.54, 1.807) is 0 Å². The molecule has 0 saturated carbocycles. The Kier molecular flexibility index (Phi) is 3.92. The van der Waals surface area contributed by atoms with E-state index in [2.05, 4.69) is 25.3 Å². The van der Waals surface area contributed by atoms with Gasteiger partial charge in [-0.25, -0.2) is 0 Å². The Morgan fingerprint density at radius 2 is 2.24 bits per heavy atom. The van der Waals surface area contributed by atoms with E-state index in [0.29, 0.717) is 11.0 Å². The second kappa shape index (κ2) is 5.09. The molecule has 0 aromatic carbocycles. The molecule has 1 aromatic rings. The minimum Gasteiger partial charge on any atom is -0.347 e. The Hall–Kier alpha value is -0.370. The fourth-order valence-corrected chi connectivity index (χ4v) is 3.07. The monoisotopic (exact) mass is 329 g/mol. The summed E-state index contributed by atoms with van der Waals surface area (Å²) in [6.07, 6.45) is -2.36. The van der Waals surface area contributed by atoms with Gasteiger partial charge in [-0.2, -0.15) is 22.5 Å². The number of hydrogen-bond acceptors (Lipinski definition) is 4. The number of alkyl halides is 4. The molecule has 0 amide bonds. The van der Waals surface area contributed by atoms with Crippen LogP contribution in [0.1, 0.15) is 18.7 Å². The van der Waals surface area contributed by atoms with Gasteiger partial charge in [-0.05, 0) is 18.8 Å². The van der Waals surface area contributed by atoms with Gasteiger partial charge in [0.15, 0.2) is 0 Å². The molecular weight excluding hydrogens is 319 g/mol. The first-order valence-electron chi connectivity index (χ1n) is 5.22. The molecule has 0 N–H and O–H groups in total. The maximum Gasteiger partial charge on any atom is 0.452 e. The molecule has 96 valence electrons. The van der Waals surface area contributed by atoms with Crippen LogP contribution in [0.25, 0.3) is 0 Å². The van der Waals surface area contributed by atoms with E-state index in [1.807, 2.05) is 4.90 Å². The number of nitrogens with zero attached hydrogens (tertiary/aromatic N) is 3. The number of piperidine rings is 1. The van der Waals surface area contributed by atoms with Gasteiger partial charge >= 0.3 is 6.18 Å². The average Bonchev–Trinajstić information content (AvgIpc) is 2.78. The Balaban J connectivity index is 2.09. The number of rotatable bonds is 2. The third-order valence-corrected chi connectivity index (χ3v) is 4.37. The molecule has 1 aromatic heterocycles. The number of anilines is 1. The zero-order valence-electron chi connectivity index (χ0n) is 8.87. The molecule has 2 rings (SSSR count). The van der Waals surface area contributed by atoms with Crippen LogP contribution < -0.4 is 4.90 Å². The van der Waals surface area contributed by atoms with Crippen molar-refractivity contribution in [2.45, 2.75) is 19.0 Å². The van der Waals surface area contributed by atoms with Crippen molar-refractivity contribution in [2.24, 2.45) is 5.92 Å². The van der Waals surface area contributed by atoms with Crippen molar-refractivity contribution in [3.05, 3.63) is 5.82 Å². The Morgan fingerprint density at radius 3 is 2.82 bits per heavy atom. The smallest absolute Gasteiger partial charge is 0.347 e. The first-order valence-corrected chi connectivity index (χ1v) is 7.12. The van der Waals surface area contributed by atoms with Crippen molar-refractivity contribution < 1.29 is 13.2 Å². The molecule has 1 unspecified atom stereocenters. The molecule has 0 radical (unpaired) electrons. The van der Waals surface area contributed by atoms with Gasteiger partial charge < -0.3 is 4.90 Å². The maximum absolute atomic E-state index is 12.4. The van der Waals surface area contributed by atoms with Crippen LogP contribution in [0.2, 0.25) is 0 Å². The molecule has 1 atom stereocenters.